The number of carbonyl (C=O) groups excluding carboxylic acids is 2. The number of hydrogen-bond donors (Lipinski definition) is 2. The summed E-state index contributed by atoms with van der Waals surface area (Å²) in [7, 11) is 0. The SMILES string of the molecule is C[C@H]1[C@@H](NC(=O)c2csc(CNC(=O)COc3ccc(OC(F)(F)F)cc3)n2)C[C@@H]2C[C@@H]1C2(C)C. The normalized spacial score (nSPS) is 24.7. The number of amides is 2. The molecule has 0 saturated heterocycles. The summed E-state index contributed by atoms with van der Waals surface area (Å²) < 4.78 is 45.6. The molecule has 5 rings (SSSR count). The van der Waals surface area contributed by atoms with Gasteiger partial charge in [0.05, 0.1) is 6.54 Å². The number of carbonyl (C=O) groups is 2. The van der Waals surface area contributed by atoms with Crippen LogP contribution in [0.3, 0.4) is 0 Å². The molecule has 11 heteroatoms. The van der Waals surface area contributed by atoms with Gasteiger partial charge < -0.3 is 20.1 Å². The summed E-state index contributed by atoms with van der Waals surface area (Å²) in [6.07, 6.45) is -2.55. The monoisotopic (exact) mass is 511 g/mol. The average Bonchev–Trinajstić information content (AvgIpc) is 3.26. The first-order valence-electron chi connectivity index (χ1n) is 11.4. The largest absolute Gasteiger partial charge is 0.573 e. The minimum atomic E-state index is -4.77. The lowest BCUT2D eigenvalue weighted by Gasteiger charge is -2.62. The predicted molar refractivity (Wildman–Crippen MR) is 123 cm³/mol. The van der Waals surface area contributed by atoms with E-state index in [-0.39, 0.29) is 36.6 Å². The van der Waals surface area contributed by atoms with E-state index in [0.717, 1.165) is 18.6 Å². The summed E-state index contributed by atoms with van der Waals surface area (Å²) in [6.45, 7) is 6.65. The van der Waals surface area contributed by atoms with E-state index >= 15 is 0 Å². The molecule has 0 radical (unpaired) electrons. The highest BCUT2D eigenvalue weighted by Crippen LogP contribution is 2.61. The highest BCUT2D eigenvalue weighted by molar-refractivity contribution is 7.09. The molecule has 190 valence electrons. The number of hydrogen-bond acceptors (Lipinski definition) is 6. The van der Waals surface area contributed by atoms with E-state index in [1.807, 2.05) is 0 Å². The minimum absolute atomic E-state index is 0.136. The smallest absolute Gasteiger partial charge is 0.484 e. The maximum absolute atomic E-state index is 12.7. The number of alkyl halides is 3. The fraction of sp³-hybridized carbons (Fsp3) is 0.542. The Morgan fingerprint density at radius 2 is 1.86 bits per heavy atom. The number of thiazole rings is 1. The van der Waals surface area contributed by atoms with Crippen molar-refractivity contribution in [1.82, 2.24) is 15.6 Å². The van der Waals surface area contributed by atoms with E-state index < -0.39 is 12.3 Å². The minimum Gasteiger partial charge on any atom is -0.484 e. The van der Waals surface area contributed by atoms with E-state index in [2.05, 4.69) is 41.1 Å². The number of fused-ring (bicyclic) bond motifs is 2. The van der Waals surface area contributed by atoms with E-state index in [9.17, 15) is 22.8 Å². The second-order valence-corrected chi connectivity index (χ2v) is 10.7. The molecule has 0 spiro atoms. The number of halogens is 3. The van der Waals surface area contributed by atoms with Crippen LogP contribution in [0.15, 0.2) is 29.6 Å². The van der Waals surface area contributed by atoms with Gasteiger partial charge in [-0.3, -0.25) is 9.59 Å². The number of rotatable bonds is 8. The maximum atomic E-state index is 12.7. The summed E-state index contributed by atoms with van der Waals surface area (Å²) in [5, 5.41) is 8.05. The van der Waals surface area contributed by atoms with E-state index in [1.165, 1.54) is 29.9 Å². The van der Waals surface area contributed by atoms with Gasteiger partial charge in [-0.25, -0.2) is 4.98 Å². The topological polar surface area (TPSA) is 89.6 Å². The number of aromatic nitrogens is 1. The molecule has 1 heterocycles. The van der Waals surface area contributed by atoms with Crippen LogP contribution in [0.5, 0.6) is 11.5 Å². The molecule has 35 heavy (non-hydrogen) atoms. The molecule has 4 atom stereocenters. The van der Waals surface area contributed by atoms with E-state index in [1.54, 1.807) is 5.38 Å². The van der Waals surface area contributed by atoms with Crippen molar-refractivity contribution in [3.8, 4) is 11.5 Å². The van der Waals surface area contributed by atoms with Gasteiger partial charge in [0, 0.05) is 11.4 Å². The standard InChI is InChI=1S/C24H28F3N3O4S/c1-13-17-8-14(23(17,2)3)9-18(13)30-22(32)19-12-35-21(29-19)10-28-20(31)11-33-15-4-6-16(7-5-15)34-24(25,26)27/h4-7,12-14,17-18H,8-11H2,1-3H3,(H,28,31)(H,30,32)/t13-,14+,17+,18+/m1/s1. The van der Waals surface area contributed by atoms with Gasteiger partial charge in [0.2, 0.25) is 0 Å². The molecule has 3 saturated carbocycles. The molecule has 0 unspecified atom stereocenters. The lowest BCUT2D eigenvalue weighted by atomic mass is 9.45. The van der Waals surface area contributed by atoms with Gasteiger partial charge in [-0.2, -0.15) is 0 Å². The van der Waals surface area contributed by atoms with Gasteiger partial charge >= 0.3 is 6.36 Å². The van der Waals surface area contributed by atoms with Gasteiger partial charge in [0.15, 0.2) is 6.61 Å². The summed E-state index contributed by atoms with van der Waals surface area (Å²) in [6, 6.07) is 4.90. The second-order valence-electron chi connectivity index (χ2n) is 9.75. The molecule has 2 bridgehead atoms. The fourth-order valence-corrected chi connectivity index (χ4v) is 5.90. The molecular formula is C24H28F3N3O4S. The van der Waals surface area contributed by atoms with Crippen LogP contribution in [0.2, 0.25) is 0 Å². The Hall–Kier alpha value is -2.82. The van der Waals surface area contributed by atoms with Crippen LogP contribution < -0.4 is 20.1 Å². The lowest BCUT2D eigenvalue weighted by Crippen LogP contribution is -2.60. The molecule has 3 aliphatic rings. The Kier molecular flexibility index (Phi) is 6.99. The quantitative estimate of drug-likeness (QED) is 0.543. The molecule has 0 aliphatic heterocycles. The zero-order valence-corrected chi connectivity index (χ0v) is 20.5. The molecule has 7 nitrogen and oxygen atoms in total. The van der Waals surface area contributed by atoms with Crippen LogP contribution in [0.25, 0.3) is 0 Å². The second kappa shape index (κ2) is 9.67. The third kappa shape index (κ3) is 5.88. The van der Waals surface area contributed by atoms with Crippen molar-refractivity contribution in [3.63, 3.8) is 0 Å². The van der Waals surface area contributed by atoms with E-state index in [4.69, 9.17) is 4.74 Å². The van der Waals surface area contributed by atoms with Crippen molar-refractivity contribution in [3.05, 3.63) is 40.3 Å². The summed E-state index contributed by atoms with van der Waals surface area (Å²) in [5.74, 6) is 0.905. The summed E-state index contributed by atoms with van der Waals surface area (Å²) >= 11 is 1.28. The first-order chi connectivity index (χ1) is 16.4. The fourth-order valence-electron chi connectivity index (χ4n) is 5.19. The molecule has 1 aromatic carbocycles. The Labute approximate surface area is 205 Å². The third-order valence-corrected chi connectivity index (χ3v) is 8.17. The number of benzene rings is 1. The van der Waals surface area contributed by atoms with Crippen molar-refractivity contribution in [2.75, 3.05) is 6.61 Å². The Bertz CT molecular complexity index is 1070. The van der Waals surface area contributed by atoms with Crippen LogP contribution >= 0.6 is 11.3 Å². The van der Waals surface area contributed by atoms with Crippen molar-refractivity contribution in [2.24, 2.45) is 23.2 Å². The molecule has 2 N–H and O–H groups in total. The Morgan fingerprint density at radius 3 is 2.49 bits per heavy atom. The zero-order chi connectivity index (χ0) is 25.4. The number of nitrogens with zero attached hydrogens (tertiary/aromatic N) is 1. The highest BCUT2D eigenvalue weighted by atomic mass is 32.1. The summed E-state index contributed by atoms with van der Waals surface area (Å²) in [4.78, 5) is 29.1. The van der Waals surface area contributed by atoms with Crippen molar-refractivity contribution in [2.45, 2.75) is 52.6 Å². The molecular weight excluding hydrogens is 483 g/mol. The van der Waals surface area contributed by atoms with Gasteiger partial charge in [-0.15, -0.1) is 24.5 Å². The van der Waals surface area contributed by atoms with Crippen LogP contribution in [0.4, 0.5) is 13.2 Å². The first-order valence-corrected chi connectivity index (χ1v) is 12.3. The summed E-state index contributed by atoms with van der Waals surface area (Å²) in [5.41, 5.74) is 0.684. The Balaban J connectivity index is 1.20. The van der Waals surface area contributed by atoms with Gasteiger partial charge in [0.1, 0.15) is 22.2 Å². The van der Waals surface area contributed by atoms with Gasteiger partial charge in [0.25, 0.3) is 11.8 Å². The van der Waals surface area contributed by atoms with Crippen molar-refractivity contribution < 1.29 is 32.2 Å². The zero-order valence-electron chi connectivity index (χ0n) is 19.6. The van der Waals surface area contributed by atoms with Crippen LogP contribution in [-0.4, -0.2) is 35.8 Å². The van der Waals surface area contributed by atoms with Gasteiger partial charge in [-0.05, 0) is 60.3 Å². The first kappa shape index (κ1) is 25.3. The molecule has 3 aliphatic carbocycles. The maximum Gasteiger partial charge on any atom is 0.573 e. The predicted octanol–water partition coefficient (Wildman–Crippen LogP) is 4.54. The van der Waals surface area contributed by atoms with Gasteiger partial charge in [-0.1, -0.05) is 20.8 Å². The lowest BCUT2D eigenvalue weighted by molar-refractivity contribution is -0.274. The molecule has 2 amide bonds. The van der Waals surface area contributed by atoms with Crippen molar-refractivity contribution >= 4 is 23.2 Å². The van der Waals surface area contributed by atoms with Crippen LogP contribution in [-0.2, 0) is 11.3 Å². The number of nitrogens with one attached hydrogen (secondary N) is 2. The van der Waals surface area contributed by atoms with Crippen molar-refractivity contribution in [1.29, 1.82) is 0 Å². The molecule has 2 aromatic rings. The molecule has 1 aromatic heterocycles. The van der Waals surface area contributed by atoms with E-state index in [0.29, 0.717) is 33.9 Å². The third-order valence-electron chi connectivity index (χ3n) is 7.32. The van der Waals surface area contributed by atoms with Crippen LogP contribution in [0, 0.1) is 23.2 Å². The average molecular weight is 512 g/mol. The van der Waals surface area contributed by atoms with Crippen LogP contribution in [0.1, 0.15) is 49.1 Å². The molecule has 3 fully saturated rings. The Morgan fingerprint density at radius 1 is 1.17 bits per heavy atom. The highest BCUT2D eigenvalue weighted by Gasteiger charge is 2.56. The number of ether oxygens (including phenoxy) is 2.